The number of rotatable bonds is 9. The smallest absolute Gasteiger partial charge is 0.407 e. The number of H-pyrrole nitrogens is 2. The SMILES string of the molecule is COC(=O)N[C@H](C(=O)N1CC2(CC2)C[C@H]1c1nc2ccc(-c3ncc4cc(-c5cnc([C@@H]6CCCN6C(=O)[C@@H](C)C(C)C)[nH]5)ccc4n3)cc2[nH]1)C(C)C. The van der Waals surface area contributed by atoms with Crippen molar-refractivity contribution >= 4 is 39.8 Å². The van der Waals surface area contributed by atoms with Gasteiger partial charge >= 0.3 is 6.09 Å². The number of imidazole rings is 2. The van der Waals surface area contributed by atoms with Crippen LogP contribution in [0.2, 0.25) is 0 Å². The van der Waals surface area contributed by atoms with Gasteiger partial charge in [-0.2, -0.15) is 0 Å². The Bertz CT molecular complexity index is 2240. The second-order valence-electron chi connectivity index (χ2n) is 16.3. The molecular weight excluding hydrogens is 683 g/mol. The Hall–Kier alpha value is -5.33. The number of hydrogen-bond donors (Lipinski definition) is 3. The van der Waals surface area contributed by atoms with E-state index in [1.165, 1.54) is 7.11 Å². The Labute approximate surface area is 314 Å². The summed E-state index contributed by atoms with van der Waals surface area (Å²) in [6.45, 7) is 11.5. The lowest BCUT2D eigenvalue weighted by Gasteiger charge is -2.30. The fourth-order valence-corrected chi connectivity index (χ4v) is 8.13. The average Bonchev–Trinajstić information content (AvgIpc) is 3.66. The Morgan fingerprint density at radius 1 is 0.852 bits per heavy atom. The molecule has 1 spiro atoms. The summed E-state index contributed by atoms with van der Waals surface area (Å²) in [5, 5.41) is 3.65. The van der Waals surface area contributed by atoms with Crippen LogP contribution in [0.1, 0.15) is 90.5 Å². The zero-order valence-electron chi connectivity index (χ0n) is 31.8. The lowest BCUT2D eigenvalue weighted by Crippen LogP contribution is -2.51. The fourth-order valence-electron chi connectivity index (χ4n) is 8.13. The first-order valence-corrected chi connectivity index (χ1v) is 19.2. The molecule has 282 valence electrons. The summed E-state index contributed by atoms with van der Waals surface area (Å²) in [6, 6.07) is 11.1. The van der Waals surface area contributed by atoms with Crippen molar-refractivity contribution < 1.29 is 19.1 Å². The summed E-state index contributed by atoms with van der Waals surface area (Å²) in [4.78, 5) is 69.5. The van der Waals surface area contributed by atoms with Crippen LogP contribution in [0.4, 0.5) is 4.79 Å². The number of benzene rings is 2. The summed E-state index contributed by atoms with van der Waals surface area (Å²) >= 11 is 0. The number of likely N-dealkylation sites (tertiary alicyclic amines) is 2. The third-order valence-corrected chi connectivity index (χ3v) is 11.9. The van der Waals surface area contributed by atoms with Crippen LogP contribution in [0.15, 0.2) is 48.8 Å². The highest BCUT2D eigenvalue weighted by molar-refractivity contribution is 5.88. The minimum absolute atomic E-state index is 0.0267. The predicted molar refractivity (Wildman–Crippen MR) is 205 cm³/mol. The number of ether oxygens (including phenoxy) is 1. The topological polar surface area (TPSA) is 162 Å². The summed E-state index contributed by atoms with van der Waals surface area (Å²) in [5.41, 5.74) is 5.29. The second kappa shape index (κ2) is 13.8. The Kier molecular flexibility index (Phi) is 9.13. The molecule has 0 bridgehead atoms. The van der Waals surface area contributed by atoms with Gasteiger partial charge in [0.1, 0.15) is 17.7 Å². The van der Waals surface area contributed by atoms with Crippen molar-refractivity contribution in [3.05, 3.63) is 60.4 Å². The maximum Gasteiger partial charge on any atom is 0.407 e. The summed E-state index contributed by atoms with van der Waals surface area (Å²) < 4.78 is 4.82. The molecule has 0 unspecified atom stereocenters. The van der Waals surface area contributed by atoms with E-state index in [0.29, 0.717) is 12.4 Å². The van der Waals surface area contributed by atoms with Gasteiger partial charge in [0.25, 0.3) is 0 Å². The van der Waals surface area contributed by atoms with E-state index in [0.717, 1.165) is 89.1 Å². The molecule has 13 heteroatoms. The summed E-state index contributed by atoms with van der Waals surface area (Å²) in [5.74, 6) is 2.40. The van der Waals surface area contributed by atoms with Gasteiger partial charge in [0.15, 0.2) is 5.82 Å². The van der Waals surface area contributed by atoms with Gasteiger partial charge in [-0.3, -0.25) is 9.59 Å². The predicted octanol–water partition coefficient (Wildman–Crippen LogP) is 6.95. The Morgan fingerprint density at radius 3 is 2.37 bits per heavy atom. The van der Waals surface area contributed by atoms with Gasteiger partial charge in [0, 0.05) is 41.7 Å². The highest BCUT2D eigenvalue weighted by Gasteiger charge is 2.55. The fraction of sp³-hybridized carbons (Fsp3) is 0.488. The number of aromatic amines is 2. The van der Waals surface area contributed by atoms with Crippen molar-refractivity contribution in [1.29, 1.82) is 0 Å². The van der Waals surface area contributed by atoms with E-state index >= 15 is 0 Å². The van der Waals surface area contributed by atoms with Crippen LogP contribution < -0.4 is 5.32 Å². The van der Waals surface area contributed by atoms with Crippen molar-refractivity contribution in [2.75, 3.05) is 20.2 Å². The standard InChI is InChI=1S/C41H49N9O4/c1-22(2)24(5)38(51)49-15-7-8-32(49)36-43-20-31(47-36)25-9-11-28-27(16-25)19-42-35(44-28)26-10-12-29-30(17-26)46-37(45-29)33-18-41(13-14-41)21-50(33)39(52)34(23(3)4)48-40(53)54-6/h9-12,16-17,19-20,22-24,32-34H,7-8,13-15,18,21H2,1-6H3,(H,43,47)(H,45,46)(H,48,53)/t24-,32-,33-,34-/m0/s1. The van der Waals surface area contributed by atoms with E-state index in [9.17, 15) is 14.4 Å². The minimum Gasteiger partial charge on any atom is -0.453 e. The molecule has 3 amide bonds. The molecule has 3 aromatic heterocycles. The van der Waals surface area contributed by atoms with Crippen molar-refractivity contribution in [1.82, 2.24) is 45.0 Å². The van der Waals surface area contributed by atoms with Crippen LogP contribution in [0.5, 0.6) is 0 Å². The largest absolute Gasteiger partial charge is 0.453 e. The minimum atomic E-state index is -0.693. The van der Waals surface area contributed by atoms with Crippen molar-refractivity contribution in [2.24, 2.45) is 23.2 Å². The number of alkyl carbamates (subject to hydrolysis) is 1. The number of methoxy groups -OCH3 is 1. The molecule has 5 heterocycles. The van der Waals surface area contributed by atoms with Gasteiger partial charge in [-0.1, -0.05) is 40.7 Å². The van der Waals surface area contributed by atoms with Crippen LogP contribution in [0.3, 0.4) is 0 Å². The van der Waals surface area contributed by atoms with Gasteiger partial charge < -0.3 is 29.8 Å². The molecule has 54 heavy (non-hydrogen) atoms. The lowest BCUT2D eigenvalue weighted by molar-refractivity contribution is -0.137. The van der Waals surface area contributed by atoms with Gasteiger partial charge in [-0.05, 0) is 79.7 Å². The van der Waals surface area contributed by atoms with Crippen LogP contribution in [0, 0.1) is 23.2 Å². The number of nitrogens with one attached hydrogen (secondary N) is 3. The van der Waals surface area contributed by atoms with Gasteiger partial charge in [0.2, 0.25) is 11.8 Å². The molecule has 0 radical (unpaired) electrons. The molecule has 13 nitrogen and oxygen atoms in total. The van der Waals surface area contributed by atoms with Crippen molar-refractivity contribution in [2.45, 2.75) is 84.8 Å². The van der Waals surface area contributed by atoms with Gasteiger partial charge in [-0.25, -0.2) is 24.7 Å². The van der Waals surface area contributed by atoms with E-state index in [1.54, 1.807) is 0 Å². The number of carbonyl (C=O) groups is 3. The second-order valence-corrected chi connectivity index (χ2v) is 16.3. The summed E-state index contributed by atoms with van der Waals surface area (Å²) in [7, 11) is 1.30. The van der Waals surface area contributed by atoms with E-state index in [1.807, 2.05) is 73.3 Å². The average molecular weight is 732 g/mol. The maximum atomic E-state index is 13.9. The first-order valence-electron chi connectivity index (χ1n) is 19.2. The molecule has 2 aromatic carbocycles. The molecule has 3 N–H and O–H groups in total. The number of aromatic nitrogens is 6. The third-order valence-electron chi connectivity index (χ3n) is 11.9. The number of fused-ring (bicyclic) bond motifs is 2. The van der Waals surface area contributed by atoms with Crippen molar-refractivity contribution in [3.8, 4) is 22.6 Å². The van der Waals surface area contributed by atoms with Crippen LogP contribution >= 0.6 is 0 Å². The molecular formula is C41H49N9O4. The number of hydrogen-bond acceptors (Lipinski definition) is 8. The molecule has 1 saturated carbocycles. The monoisotopic (exact) mass is 731 g/mol. The number of nitrogens with zero attached hydrogens (tertiary/aromatic N) is 6. The first-order chi connectivity index (χ1) is 25.9. The molecule has 3 fully saturated rings. The van der Waals surface area contributed by atoms with Crippen LogP contribution in [-0.2, 0) is 14.3 Å². The molecule has 4 atom stereocenters. The highest BCUT2D eigenvalue weighted by Crippen LogP contribution is 2.58. The zero-order chi connectivity index (χ0) is 37.9. The van der Waals surface area contributed by atoms with E-state index < -0.39 is 12.1 Å². The molecule has 2 saturated heterocycles. The molecule has 5 aromatic rings. The number of amides is 3. The Morgan fingerprint density at radius 2 is 1.63 bits per heavy atom. The van der Waals surface area contributed by atoms with E-state index in [2.05, 4.69) is 35.2 Å². The van der Waals surface area contributed by atoms with E-state index in [-0.39, 0.29) is 47.1 Å². The molecule has 2 aliphatic heterocycles. The molecule has 1 aliphatic carbocycles. The summed E-state index contributed by atoms with van der Waals surface area (Å²) in [6.07, 6.45) is 7.94. The normalized spacial score (nSPS) is 20.4. The first kappa shape index (κ1) is 35.7. The number of carbonyl (C=O) groups excluding carboxylic acids is 3. The quantitative estimate of drug-likeness (QED) is 0.147. The maximum absolute atomic E-state index is 13.9. The molecule has 8 rings (SSSR count). The molecule has 3 aliphatic rings. The zero-order valence-corrected chi connectivity index (χ0v) is 31.8. The van der Waals surface area contributed by atoms with Crippen LogP contribution in [0.25, 0.3) is 44.6 Å². The van der Waals surface area contributed by atoms with E-state index in [4.69, 9.17) is 24.7 Å². The highest BCUT2D eigenvalue weighted by atomic mass is 16.5. The lowest BCUT2D eigenvalue weighted by atomic mass is 9.96. The van der Waals surface area contributed by atoms with Crippen LogP contribution in [-0.4, -0.2) is 83.9 Å². The van der Waals surface area contributed by atoms with Gasteiger partial charge in [-0.15, -0.1) is 0 Å². The van der Waals surface area contributed by atoms with Gasteiger partial charge in [0.05, 0.1) is 47.6 Å². The Balaban J connectivity index is 1.01. The third kappa shape index (κ3) is 6.58. The van der Waals surface area contributed by atoms with Crippen molar-refractivity contribution in [3.63, 3.8) is 0 Å².